The van der Waals surface area contributed by atoms with E-state index in [2.05, 4.69) is 5.32 Å². The van der Waals surface area contributed by atoms with Gasteiger partial charge in [0.25, 0.3) is 0 Å². The third-order valence-electron chi connectivity index (χ3n) is 4.63. The van der Waals surface area contributed by atoms with E-state index in [-0.39, 0.29) is 18.0 Å². The first-order chi connectivity index (χ1) is 11.9. The number of nitrogens with one attached hydrogen (secondary N) is 1. The highest BCUT2D eigenvalue weighted by Gasteiger charge is 2.24. The predicted molar refractivity (Wildman–Crippen MR) is 95.9 cm³/mol. The molecule has 0 unspecified atom stereocenters. The summed E-state index contributed by atoms with van der Waals surface area (Å²) in [7, 11) is 1.62. The minimum absolute atomic E-state index is 0.0175. The van der Waals surface area contributed by atoms with Gasteiger partial charge in [0.1, 0.15) is 5.75 Å². The molecule has 0 spiro atoms. The van der Waals surface area contributed by atoms with E-state index < -0.39 is 0 Å². The summed E-state index contributed by atoms with van der Waals surface area (Å²) < 4.78 is 10.4. The van der Waals surface area contributed by atoms with Gasteiger partial charge in [-0.15, -0.1) is 0 Å². The Morgan fingerprint density at radius 1 is 1.20 bits per heavy atom. The highest BCUT2D eigenvalue weighted by atomic mass is 16.6. The van der Waals surface area contributed by atoms with Crippen molar-refractivity contribution < 1.29 is 19.1 Å². The van der Waals surface area contributed by atoms with Crippen molar-refractivity contribution in [3.8, 4) is 5.75 Å². The van der Waals surface area contributed by atoms with Crippen molar-refractivity contribution in [2.24, 2.45) is 0 Å². The minimum Gasteiger partial charge on any atom is -0.496 e. The van der Waals surface area contributed by atoms with E-state index >= 15 is 0 Å². The fourth-order valence-electron chi connectivity index (χ4n) is 3.05. The van der Waals surface area contributed by atoms with E-state index in [1.54, 1.807) is 18.9 Å². The third-order valence-corrected chi connectivity index (χ3v) is 4.63. The second-order valence-electron chi connectivity index (χ2n) is 6.45. The Morgan fingerprint density at radius 2 is 1.84 bits per heavy atom. The molecule has 0 atom stereocenters. The Hall–Kier alpha value is -2.24. The molecule has 1 aliphatic rings. The van der Waals surface area contributed by atoms with Gasteiger partial charge in [-0.3, -0.25) is 4.79 Å². The lowest BCUT2D eigenvalue weighted by molar-refractivity contribution is -0.121. The largest absolute Gasteiger partial charge is 0.496 e. The van der Waals surface area contributed by atoms with Crippen LogP contribution in [0.4, 0.5) is 4.79 Å². The summed E-state index contributed by atoms with van der Waals surface area (Å²) in [5, 5.41) is 3.07. The molecule has 0 bridgehead atoms. The average Bonchev–Trinajstić information content (AvgIpc) is 2.58. The van der Waals surface area contributed by atoms with Crippen LogP contribution in [0.3, 0.4) is 0 Å². The molecular weight excluding hydrogens is 320 g/mol. The minimum atomic E-state index is -0.271. The molecule has 25 heavy (non-hydrogen) atoms. The lowest BCUT2D eigenvalue weighted by Crippen LogP contribution is -2.47. The molecule has 1 saturated heterocycles. The first kappa shape index (κ1) is 19.1. The number of aryl methyl sites for hydroxylation is 2. The zero-order valence-corrected chi connectivity index (χ0v) is 15.6. The molecule has 6 nitrogen and oxygen atoms in total. The molecule has 1 aromatic rings. The van der Waals surface area contributed by atoms with Gasteiger partial charge in [0.2, 0.25) is 5.91 Å². The van der Waals surface area contributed by atoms with Gasteiger partial charge in [0.15, 0.2) is 0 Å². The molecule has 0 radical (unpaired) electrons. The quantitative estimate of drug-likeness (QED) is 0.888. The number of carbonyl (C=O) groups is 2. The van der Waals surface area contributed by atoms with Gasteiger partial charge in [-0.2, -0.15) is 0 Å². The number of rotatable bonds is 5. The number of amides is 2. The number of likely N-dealkylation sites (tertiary alicyclic amines) is 1. The summed E-state index contributed by atoms with van der Waals surface area (Å²) in [5.74, 6) is 0.728. The monoisotopic (exact) mass is 348 g/mol. The molecule has 1 N–H and O–H groups in total. The van der Waals surface area contributed by atoms with Gasteiger partial charge >= 0.3 is 6.09 Å². The first-order valence-electron chi connectivity index (χ1n) is 8.79. The second-order valence-corrected chi connectivity index (χ2v) is 6.45. The van der Waals surface area contributed by atoms with Gasteiger partial charge < -0.3 is 19.7 Å². The van der Waals surface area contributed by atoms with Crippen LogP contribution in [0.25, 0.3) is 0 Å². The number of hydrogen-bond acceptors (Lipinski definition) is 4. The molecule has 0 saturated carbocycles. The molecule has 138 valence electrons. The first-order valence-corrected chi connectivity index (χ1v) is 8.79. The molecule has 2 rings (SSSR count). The van der Waals surface area contributed by atoms with Gasteiger partial charge in [-0.25, -0.2) is 4.79 Å². The molecule has 0 aromatic heterocycles. The Kier molecular flexibility index (Phi) is 6.67. The van der Waals surface area contributed by atoms with E-state index in [9.17, 15) is 9.59 Å². The van der Waals surface area contributed by atoms with Crippen molar-refractivity contribution in [1.82, 2.24) is 10.2 Å². The number of carbonyl (C=O) groups excluding carboxylic acids is 2. The van der Waals surface area contributed by atoms with E-state index in [1.165, 1.54) is 0 Å². The van der Waals surface area contributed by atoms with Crippen molar-refractivity contribution >= 4 is 12.0 Å². The van der Waals surface area contributed by atoms with Crippen LogP contribution in [-0.2, 0) is 16.0 Å². The lowest BCUT2D eigenvalue weighted by Gasteiger charge is -2.31. The molecular formula is C19H28N2O4. The van der Waals surface area contributed by atoms with Gasteiger partial charge in [0.05, 0.1) is 20.1 Å². The zero-order valence-electron chi connectivity index (χ0n) is 15.6. The van der Waals surface area contributed by atoms with E-state index in [4.69, 9.17) is 9.47 Å². The lowest BCUT2D eigenvalue weighted by atomic mass is 10.0. The van der Waals surface area contributed by atoms with Crippen molar-refractivity contribution in [2.75, 3.05) is 26.8 Å². The summed E-state index contributed by atoms with van der Waals surface area (Å²) in [6.45, 7) is 7.45. The maximum atomic E-state index is 12.4. The molecule has 6 heteroatoms. The van der Waals surface area contributed by atoms with Crippen LogP contribution in [0.2, 0.25) is 0 Å². The predicted octanol–water partition coefficient (Wildman–Crippen LogP) is 2.59. The molecule has 0 aliphatic carbocycles. The van der Waals surface area contributed by atoms with Gasteiger partial charge in [0, 0.05) is 24.7 Å². The molecule has 2 amide bonds. The second kappa shape index (κ2) is 8.74. The van der Waals surface area contributed by atoms with Crippen molar-refractivity contribution in [2.45, 2.75) is 46.1 Å². The number of piperidine rings is 1. The van der Waals surface area contributed by atoms with Crippen LogP contribution in [0, 0.1) is 13.8 Å². The Morgan fingerprint density at radius 3 is 2.44 bits per heavy atom. The summed E-state index contributed by atoms with van der Waals surface area (Å²) in [5.41, 5.74) is 3.19. The van der Waals surface area contributed by atoms with Gasteiger partial charge in [-0.1, -0.05) is 6.07 Å². The van der Waals surface area contributed by atoms with Crippen LogP contribution in [0.15, 0.2) is 12.1 Å². The van der Waals surface area contributed by atoms with E-state index in [1.807, 2.05) is 26.0 Å². The normalized spacial score (nSPS) is 15.0. The Bertz CT molecular complexity index is 622. The fraction of sp³-hybridized carbons (Fsp3) is 0.579. The standard InChI is InChI=1S/C19H28N2O4/c1-5-25-19(23)21-8-6-16(7-9-21)20-18(22)12-15-10-13(2)14(3)11-17(15)24-4/h10-11,16H,5-9,12H2,1-4H3,(H,20,22). The van der Waals surface area contributed by atoms with Gasteiger partial charge in [-0.05, 0) is 50.8 Å². The fourth-order valence-corrected chi connectivity index (χ4v) is 3.05. The molecule has 1 aromatic carbocycles. The summed E-state index contributed by atoms with van der Waals surface area (Å²) >= 11 is 0. The topological polar surface area (TPSA) is 67.9 Å². The number of hydrogen-bond donors (Lipinski definition) is 1. The Balaban J connectivity index is 1.88. The molecule has 1 aliphatic heterocycles. The van der Waals surface area contributed by atoms with Crippen LogP contribution < -0.4 is 10.1 Å². The smallest absolute Gasteiger partial charge is 0.409 e. The van der Waals surface area contributed by atoms with E-state index in [0.717, 1.165) is 35.3 Å². The van der Waals surface area contributed by atoms with Crippen LogP contribution in [0.1, 0.15) is 36.5 Å². The SMILES string of the molecule is CCOC(=O)N1CCC(NC(=O)Cc2cc(C)c(C)cc2OC)CC1. The summed E-state index contributed by atoms with van der Waals surface area (Å²) in [4.78, 5) is 25.8. The Labute approximate surface area is 149 Å². The van der Waals surface area contributed by atoms with Crippen LogP contribution in [-0.4, -0.2) is 49.7 Å². The van der Waals surface area contributed by atoms with Crippen LogP contribution >= 0.6 is 0 Å². The number of methoxy groups -OCH3 is 1. The number of ether oxygens (including phenoxy) is 2. The zero-order chi connectivity index (χ0) is 18.4. The van der Waals surface area contributed by atoms with Crippen molar-refractivity contribution in [1.29, 1.82) is 0 Å². The van der Waals surface area contributed by atoms with Crippen molar-refractivity contribution in [3.05, 3.63) is 28.8 Å². The highest BCUT2D eigenvalue weighted by Crippen LogP contribution is 2.23. The number of nitrogens with zero attached hydrogens (tertiary/aromatic N) is 1. The summed E-state index contributed by atoms with van der Waals surface area (Å²) in [6, 6.07) is 4.07. The third kappa shape index (κ3) is 5.11. The average molecular weight is 348 g/mol. The number of benzene rings is 1. The maximum Gasteiger partial charge on any atom is 0.409 e. The molecule has 1 fully saturated rings. The van der Waals surface area contributed by atoms with E-state index in [0.29, 0.717) is 26.1 Å². The molecule has 1 heterocycles. The maximum absolute atomic E-state index is 12.4. The summed E-state index contributed by atoms with van der Waals surface area (Å²) in [6.07, 6.45) is 1.51. The highest BCUT2D eigenvalue weighted by molar-refractivity contribution is 5.80. The van der Waals surface area contributed by atoms with Crippen LogP contribution in [0.5, 0.6) is 5.75 Å². The van der Waals surface area contributed by atoms with Crippen molar-refractivity contribution in [3.63, 3.8) is 0 Å².